The smallest absolute Gasteiger partial charge is 0.123 e. The molecule has 2 heteroatoms. The SMILES string of the molecule is BrCC1(CC2Cc3ccccc3O2)CC1. The van der Waals surface area contributed by atoms with Crippen LogP contribution < -0.4 is 4.74 Å². The summed E-state index contributed by atoms with van der Waals surface area (Å²) in [5, 5.41) is 1.14. The molecule has 0 saturated heterocycles. The second kappa shape index (κ2) is 3.51. The molecule has 0 N–H and O–H groups in total. The molecule has 0 amide bonds. The van der Waals surface area contributed by atoms with Gasteiger partial charge in [-0.25, -0.2) is 0 Å². The number of fused-ring (bicyclic) bond motifs is 1. The van der Waals surface area contributed by atoms with E-state index in [1.165, 1.54) is 24.8 Å². The van der Waals surface area contributed by atoms with Gasteiger partial charge in [-0.2, -0.15) is 0 Å². The van der Waals surface area contributed by atoms with E-state index < -0.39 is 0 Å². The Morgan fingerprint density at radius 2 is 2.13 bits per heavy atom. The molecule has 3 rings (SSSR count). The van der Waals surface area contributed by atoms with Gasteiger partial charge in [0.15, 0.2) is 0 Å². The molecular formula is C13H15BrO. The Morgan fingerprint density at radius 1 is 1.33 bits per heavy atom. The second-order valence-corrected chi connectivity index (χ2v) is 5.45. The third kappa shape index (κ3) is 1.80. The summed E-state index contributed by atoms with van der Waals surface area (Å²) in [5.74, 6) is 1.10. The first-order valence-electron chi connectivity index (χ1n) is 5.62. The van der Waals surface area contributed by atoms with E-state index in [9.17, 15) is 0 Å². The number of para-hydroxylation sites is 1. The molecule has 2 aliphatic rings. The van der Waals surface area contributed by atoms with Gasteiger partial charge in [-0.05, 0) is 36.3 Å². The maximum Gasteiger partial charge on any atom is 0.123 e. The summed E-state index contributed by atoms with van der Waals surface area (Å²) in [6.45, 7) is 0. The molecule has 0 radical (unpaired) electrons. The zero-order valence-electron chi connectivity index (χ0n) is 8.71. The molecule has 80 valence electrons. The zero-order valence-corrected chi connectivity index (χ0v) is 10.3. The predicted octanol–water partition coefficient (Wildman–Crippen LogP) is 3.56. The average Bonchev–Trinajstić information content (AvgIpc) is 2.91. The quantitative estimate of drug-likeness (QED) is 0.761. The minimum absolute atomic E-state index is 0.419. The van der Waals surface area contributed by atoms with E-state index in [0.717, 1.165) is 17.5 Å². The Bertz CT molecular complexity index is 346. The van der Waals surface area contributed by atoms with E-state index in [-0.39, 0.29) is 0 Å². The molecule has 1 saturated carbocycles. The Balaban J connectivity index is 1.69. The van der Waals surface area contributed by atoms with Crippen molar-refractivity contribution in [3.05, 3.63) is 29.8 Å². The van der Waals surface area contributed by atoms with Crippen LogP contribution >= 0.6 is 15.9 Å². The van der Waals surface area contributed by atoms with Crippen molar-refractivity contribution in [1.29, 1.82) is 0 Å². The number of benzene rings is 1. The van der Waals surface area contributed by atoms with Crippen molar-refractivity contribution in [2.75, 3.05) is 5.33 Å². The van der Waals surface area contributed by atoms with Gasteiger partial charge in [0, 0.05) is 11.8 Å². The normalized spacial score (nSPS) is 25.8. The Morgan fingerprint density at radius 3 is 2.80 bits per heavy atom. The first-order valence-corrected chi connectivity index (χ1v) is 6.74. The van der Waals surface area contributed by atoms with Gasteiger partial charge in [-0.1, -0.05) is 34.1 Å². The van der Waals surface area contributed by atoms with E-state index >= 15 is 0 Å². The van der Waals surface area contributed by atoms with Crippen molar-refractivity contribution in [2.24, 2.45) is 5.41 Å². The van der Waals surface area contributed by atoms with Gasteiger partial charge in [0.05, 0.1) is 0 Å². The maximum atomic E-state index is 5.96. The lowest BCUT2D eigenvalue weighted by Gasteiger charge is -2.16. The van der Waals surface area contributed by atoms with E-state index in [1.807, 2.05) is 0 Å². The molecule has 15 heavy (non-hydrogen) atoms. The Labute approximate surface area is 99.0 Å². The first kappa shape index (κ1) is 9.71. The summed E-state index contributed by atoms with van der Waals surface area (Å²) < 4.78 is 5.96. The van der Waals surface area contributed by atoms with Crippen molar-refractivity contribution in [2.45, 2.75) is 31.8 Å². The molecule has 1 nitrogen and oxygen atoms in total. The molecule has 0 spiro atoms. The third-order valence-corrected chi connectivity index (χ3v) is 4.80. The van der Waals surface area contributed by atoms with Gasteiger partial charge in [0.1, 0.15) is 11.9 Å². The number of alkyl halides is 1. The van der Waals surface area contributed by atoms with Crippen molar-refractivity contribution in [1.82, 2.24) is 0 Å². The van der Waals surface area contributed by atoms with Crippen LogP contribution in [0.15, 0.2) is 24.3 Å². The largest absolute Gasteiger partial charge is 0.490 e. The minimum Gasteiger partial charge on any atom is -0.490 e. The van der Waals surface area contributed by atoms with Crippen molar-refractivity contribution in [3.63, 3.8) is 0 Å². The lowest BCUT2D eigenvalue weighted by atomic mass is 9.98. The van der Waals surface area contributed by atoms with Crippen LogP contribution in [0.1, 0.15) is 24.8 Å². The van der Waals surface area contributed by atoms with Gasteiger partial charge < -0.3 is 4.74 Å². The molecular weight excluding hydrogens is 252 g/mol. The lowest BCUT2D eigenvalue weighted by molar-refractivity contribution is 0.193. The number of hydrogen-bond acceptors (Lipinski definition) is 1. The van der Waals surface area contributed by atoms with E-state index in [0.29, 0.717) is 11.5 Å². The van der Waals surface area contributed by atoms with Gasteiger partial charge >= 0.3 is 0 Å². The van der Waals surface area contributed by atoms with Gasteiger partial charge in [0.2, 0.25) is 0 Å². The molecule has 1 aliphatic heterocycles. The summed E-state index contributed by atoms with van der Waals surface area (Å²) in [6.07, 6.45) is 5.48. The van der Waals surface area contributed by atoms with E-state index in [2.05, 4.69) is 40.2 Å². The Hall–Kier alpha value is -0.500. The maximum absolute atomic E-state index is 5.96. The van der Waals surface area contributed by atoms with Crippen molar-refractivity contribution < 1.29 is 4.74 Å². The average molecular weight is 267 g/mol. The number of hydrogen-bond donors (Lipinski definition) is 0. The van der Waals surface area contributed by atoms with Crippen LogP contribution in [-0.4, -0.2) is 11.4 Å². The summed E-state index contributed by atoms with van der Waals surface area (Å²) in [6, 6.07) is 8.42. The highest BCUT2D eigenvalue weighted by Crippen LogP contribution is 2.52. The Kier molecular flexibility index (Phi) is 2.27. The summed E-state index contributed by atoms with van der Waals surface area (Å²) in [7, 11) is 0. The fourth-order valence-corrected chi connectivity index (χ4v) is 3.21. The molecule has 1 unspecified atom stereocenters. The highest BCUT2D eigenvalue weighted by molar-refractivity contribution is 9.09. The molecule has 1 atom stereocenters. The molecule has 0 bridgehead atoms. The van der Waals surface area contributed by atoms with Crippen LogP contribution in [-0.2, 0) is 6.42 Å². The summed E-state index contributed by atoms with van der Waals surface area (Å²) >= 11 is 3.62. The highest BCUT2D eigenvalue weighted by Gasteiger charge is 2.44. The molecule has 1 aromatic rings. The number of rotatable bonds is 3. The standard InChI is InChI=1S/C13H15BrO/c14-9-13(5-6-13)8-11-7-10-3-1-2-4-12(10)15-11/h1-4,11H,5-9H2. The number of ether oxygens (including phenoxy) is 1. The monoisotopic (exact) mass is 266 g/mol. The molecule has 1 aromatic carbocycles. The molecule has 0 aromatic heterocycles. The van der Waals surface area contributed by atoms with Crippen LogP contribution in [0.3, 0.4) is 0 Å². The van der Waals surface area contributed by atoms with Crippen LogP contribution in [0, 0.1) is 5.41 Å². The fraction of sp³-hybridized carbons (Fsp3) is 0.538. The van der Waals surface area contributed by atoms with E-state index in [1.54, 1.807) is 0 Å². The molecule has 1 heterocycles. The first-order chi connectivity index (χ1) is 7.31. The summed E-state index contributed by atoms with van der Waals surface area (Å²) in [4.78, 5) is 0. The minimum atomic E-state index is 0.419. The van der Waals surface area contributed by atoms with E-state index in [4.69, 9.17) is 4.74 Å². The summed E-state index contributed by atoms with van der Waals surface area (Å²) in [5.41, 5.74) is 1.94. The van der Waals surface area contributed by atoms with Crippen LogP contribution in [0.5, 0.6) is 5.75 Å². The van der Waals surface area contributed by atoms with Crippen molar-refractivity contribution in [3.8, 4) is 5.75 Å². The third-order valence-electron chi connectivity index (χ3n) is 3.62. The topological polar surface area (TPSA) is 9.23 Å². The predicted molar refractivity (Wildman–Crippen MR) is 64.6 cm³/mol. The number of halogens is 1. The lowest BCUT2D eigenvalue weighted by Crippen LogP contribution is -2.19. The van der Waals surface area contributed by atoms with Crippen LogP contribution in [0.2, 0.25) is 0 Å². The zero-order chi connectivity index (χ0) is 10.3. The molecule has 1 aliphatic carbocycles. The van der Waals surface area contributed by atoms with Gasteiger partial charge in [-0.3, -0.25) is 0 Å². The van der Waals surface area contributed by atoms with Crippen LogP contribution in [0.25, 0.3) is 0 Å². The highest BCUT2D eigenvalue weighted by atomic mass is 79.9. The second-order valence-electron chi connectivity index (χ2n) is 4.89. The van der Waals surface area contributed by atoms with Gasteiger partial charge in [-0.15, -0.1) is 0 Å². The van der Waals surface area contributed by atoms with Crippen molar-refractivity contribution >= 4 is 15.9 Å². The molecule has 1 fully saturated rings. The fourth-order valence-electron chi connectivity index (χ4n) is 2.42. The van der Waals surface area contributed by atoms with Gasteiger partial charge in [0.25, 0.3) is 0 Å². The van der Waals surface area contributed by atoms with Crippen LogP contribution in [0.4, 0.5) is 0 Å².